The summed E-state index contributed by atoms with van der Waals surface area (Å²) in [5.74, 6) is 0.714. The van der Waals surface area contributed by atoms with E-state index in [1.54, 1.807) is 12.4 Å². The van der Waals surface area contributed by atoms with Gasteiger partial charge in [-0.15, -0.1) is 0 Å². The van der Waals surface area contributed by atoms with E-state index in [1.165, 1.54) is 5.69 Å². The van der Waals surface area contributed by atoms with E-state index in [0.717, 1.165) is 25.8 Å². The highest BCUT2D eigenvalue weighted by Gasteiger charge is 2.29. The van der Waals surface area contributed by atoms with Crippen LogP contribution in [-0.2, 0) is 7.05 Å². The number of pyridine rings is 1. The molecule has 0 aromatic carbocycles. The van der Waals surface area contributed by atoms with Gasteiger partial charge < -0.3 is 19.5 Å². The summed E-state index contributed by atoms with van der Waals surface area (Å²) in [5, 5.41) is 2.97. The lowest BCUT2D eigenvalue weighted by atomic mass is 10.00. The molecular weight excluding hydrogens is 304 g/mol. The first-order valence-corrected chi connectivity index (χ1v) is 8.44. The lowest BCUT2D eigenvalue weighted by Gasteiger charge is -2.36. The molecule has 0 radical (unpaired) electrons. The third-order valence-corrected chi connectivity index (χ3v) is 4.37. The molecule has 0 spiro atoms. The molecule has 0 saturated carbocycles. The first-order chi connectivity index (χ1) is 11.8. The largest absolute Gasteiger partial charge is 0.490 e. The average Bonchev–Trinajstić information content (AvgIpc) is 3.05. The van der Waals surface area contributed by atoms with Crippen molar-refractivity contribution >= 4 is 6.03 Å². The topological polar surface area (TPSA) is 59.4 Å². The van der Waals surface area contributed by atoms with Gasteiger partial charge in [-0.25, -0.2) is 4.79 Å². The van der Waals surface area contributed by atoms with Crippen LogP contribution in [0.25, 0.3) is 0 Å². The van der Waals surface area contributed by atoms with Crippen molar-refractivity contribution in [3.05, 3.63) is 48.5 Å². The minimum Gasteiger partial charge on any atom is -0.490 e. The number of carbonyl (C=O) groups is 1. The van der Waals surface area contributed by atoms with Crippen molar-refractivity contribution in [3.8, 4) is 5.75 Å². The summed E-state index contributed by atoms with van der Waals surface area (Å²) in [5.41, 5.74) is 1.19. The molecule has 1 aliphatic rings. The normalized spacial score (nSPS) is 17.5. The number of likely N-dealkylation sites (tertiary alicyclic amines) is 1. The molecule has 3 heterocycles. The molecule has 1 aliphatic heterocycles. The average molecular weight is 328 g/mol. The first-order valence-electron chi connectivity index (χ1n) is 8.44. The molecule has 2 amide bonds. The van der Waals surface area contributed by atoms with Crippen LogP contribution < -0.4 is 10.1 Å². The molecular formula is C18H24N4O2. The number of nitrogens with one attached hydrogen (secondary N) is 1. The van der Waals surface area contributed by atoms with Crippen LogP contribution in [0.3, 0.4) is 0 Å². The molecule has 3 rings (SSSR count). The van der Waals surface area contributed by atoms with Gasteiger partial charge in [0.15, 0.2) is 0 Å². The molecule has 0 unspecified atom stereocenters. The van der Waals surface area contributed by atoms with Crippen LogP contribution >= 0.6 is 0 Å². The molecule has 1 N–H and O–H groups in total. The van der Waals surface area contributed by atoms with Gasteiger partial charge in [0.25, 0.3) is 0 Å². The Morgan fingerprint density at radius 1 is 1.38 bits per heavy atom. The Morgan fingerprint density at radius 2 is 2.29 bits per heavy atom. The Bertz CT molecular complexity index is 656. The van der Waals surface area contributed by atoms with Gasteiger partial charge in [-0.3, -0.25) is 4.98 Å². The van der Waals surface area contributed by atoms with E-state index in [9.17, 15) is 4.79 Å². The van der Waals surface area contributed by atoms with Crippen molar-refractivity contribution in [2.45, 2.75) is 25.3 Å². The second-order valence-corrected chi connectivity index (χ2v) is 6.02. The number of urea groups is 1. The highest BCUT2D eigenvalue weighted by Crippen LogP contribution is 2.30. The first kappa shape index (κ1) is 16.4. The predicted molar refractivity (Wildman–Crippen MR) is 91.8 cm³/mol. The molecule has 2 aromatic heterocycles. The van der Waals surface area contributed by atoms with E-state index in [4.69, 9.17) is 4.74 Å². The minimum absolute atomic E-state index is 0.0179. The van der Waals surface area contributed by atoms with Gasteiger partial charge in [0.05, 0.1) is 18.8 Å². The summed E-state index contributed by atoms with van der Waals surface area (Å²) >= 11 is 0. The molecule has 0 bridgehead atoms. The van der Waals surface area contributed by atoms with E-state index >= 15 is 0 Å². The Hall–Kier alpha value is -2.50. The van der Waals surface area contributed by atoms with Crippen molar-refractivity contribution < 1.29 is 9.53 Å². The summed E-state index contributed by atoms with van der Waals surface area (Å²) in [6.45, 7) is 1.70. The molecule has 2 aromatic rings. The van der Waals surface area contributed by atoms with Crippen LogP contribution in [0.15, 0.2) is 42.9 Å². The fraction of sp³-hybridized carbons (Fsp3) is 0.444. The van der Waals surface area contributed by atoms with Gasteiger partial charge in [-0.1, -0.05) is 0 Å². The summed E-state index contributed by atoms with van der Waals surface area (Å²) in [7, 11) is 2.03. The van der Waals surface area contributed by atoms with Crippen molar-refractivity contribution in [1.29, 1.82) is 0 Å². The predicted octanol–water partition coefficient (Wildman–Crippen LogP) is 2.74. The molecule has 6 nitrogen and oxygen atoms in total. The fourth-order valence-electron chi connectivity index (χ4n) is 3.16. The molecule has 1 atom stereocenters. The minimum atomic E-state index is -0.0179. The zero-order chi connectivity index (χ0) is 16.8. The van der Waals surface area contributed by atoms with Crippen LogP contribution in [0, 0.1) is 0 Å². The van der Waals surface area contributed by atoms with E-state index in [-0.39, 0.29) is 12.1 Å². The Kier molecular flexibility index (Phi) is 5.36. The Morgan fingerprint density at radius 3 is 3.04 bits per heavy atom. The number of hydrogen-bond donors (Lipinski definition) is 1. The number of carbonyl (C=O) groups excluding carboxylic acids is 1. The second-order valence-electron chi connectivity index (χ2n) is 6.02. The standard InChI is InChI=1S/C18H24N4O2/c1-21-11-5-8-16(21)17-7-2-3-12-22(17)18(23)20-10-13-24-15-6-4-9-19-14-15/h4-6,8-9,11,14,17H,2-3,7,10,12-13H2,1H3,(H,20,23)/t17-/m1/s1. The zero-order valence-corrected chi connectivity index (χ0v) is 14.0. The number of aromatic nitrogens is 2. The summed E-state index contributed by atoms with van der Waals surface area (Å²) in [6.07, 6.45) is 8.62. The van der Waals surface area contributed by atoms with Gasteiger partial charge in [0.2, 0.25) is 0 Å². The summed E-state index contributed by atoms with van der Waals surface area (Å²) < 4.78 is 7.66. The fourth-order valence-corrected chi connectivity index (χ4v) is 3.16. The number of aryl methyl sites for hydroxylation is 1. The second kappa shape index (κ2) is 7.86. The van der Waals surface area contributed by atoms with Crippen molar-refractivity contribution in [3.63, 3.8) is 0 Å². The van der Waals surface area contributed by atoms with Crippen LogP contribution in [-0.4, -0.2) is 40.2 Å². The maximum atomic E-state index is 12.6. The van der Waals surface area contributed by atoms with Crippen LogP contribution in [0.2, 0.25) is 0 Å². The van der Waals surface area contributed by atoms with Crippen molar-refractivity contribution in [2.75, 3.05) is 19.7 Å². The van der Waals surface area contributed by atoms with Gasteiger partial charge >= 0.3 is 6.03 Å². The van der Waals surface area contributed by atoms with E-state index in [1.807, 2.05) is 36.3 Å². The quantitative estimate of drug-likeness (QED) is 0.859. The highest BCUT2D eigenvalue weighted by molar-refractivity contribution is 5.74. The lowest BCUT2D eigenvalue weighted by Crippen LogP contribution is -2.46. The number of amides is 2. The highest BCUT2D eigenvalue weighted by atomic mass is 16.5. The van der Waals surface area contributed by atoms with E-state index in [2.05, 4.69) is 20.9 Å². The monoisotopic (exact) mass is 328 g/mol. The number of ether oxygens (including phenoxy) is 1. The zero-order valence-electron chi connectivity index (χ0n) is 14.0. The third-order valence-electron chi connectivity index (χ3n) is 4.37. The Balaban J connectivity index is 1.52. The molecule has 24 heavy (non-hydrogen) atoms. The van der Waals surface area contributed by atoms with Gasteiger partial charge in [0, 0.05) is 31.7 Å². The number of rotatable bonds is 5. The van der Waals surface area contributed by atoms with E-state index in [0.29, 0.717) is 18.9 Å². The lowest BCUT2D eigenvalue weighted by molar-refractivity contribution is 0.146. The third kappa shape index (κ3) is 3.88. The maximum Gasteiger partial charge on any atom is 0.318 e. The SMILES string of the molecule is Cn1cccc1[C@H]1CCCCN1C(=O)NCCOc1cccnc1. The number of hydrogen-bond acceptors (Lipinski definition) is 3. The van der Waals surface area contributed by atoms with Crippen LogP contribution in [0.5, 0.6) is 5.75 Å². The van der Waals surface area contributed by atoms with Crippen LogP contribution in [0.4, 0.5) is 4.79 Å². The van der Waals surface area contributed by atoms with Gasteiger partial charge in [0.1, 0.15) is 12.4 Å². The van der Waals surface area contributed by atoms with Gasteiger partial charge in [-0.2, -0.15) is 0 Å². The van der Waals surface area contributed by atoms with Gasteiger partial charge in [-0.05, 0) is 43.5 Å². The molecule has 1 saturated heterocycles. The summed E-state index contributed by atoms with van der Waals surface area (Å²) in [4.78, 5) is 18.5. The maximum absolute atomic E-state index is 12.6. The summed E-state index contributed by atoms with van der Waals surface area (Å²) in [6, 6.07) is 7.94. The van der Waals surface area contributed by atoms with Crippen LogP contribution in [0.1, 0.15) is 31.0 Å². The Labute approximate surface area is 142 Å². The number of nitrogens with zero attached hydrogens (tertiary/aromatic N) is 3. The van der Waals surface area contributed by atoms with E-state index < -0.39 is 0 Å². The van der Waals surface area contributed by atoms with Crippen molar-refractivity contribution in [1.82, 2.24) is 19.8 Å². The molecule has 6 heteroatoms. The molecule has 128 valence electrons. The molecule has 0 aliphatic carbocycles. The number of piperidine rings is 1. The molecule has 1 fully saturated rings. The van der Waals surface area contributed by atoms with Crippen molar-refractivity contribution in [2.24, 2.45) is 7.05 Å². The smallest absolute Gasteiger partial charge is 0.318 e.